The zero-order valence-electron chi connectivity index (χ0n) is 12.3. The lowest BCUT2D eigenvalue weighted by Gasteiger charge is -2.19. The highest BCUT2D eigenvalue weighted by molar-refractivity contribution is 5.67. The summed E-state index contributed by atoms with van der Waals surface area (Å²) in [6, 6.07) is 8.66. The van der Waals surface area contributed by atoms with Crippen LogP contribution in [0.15, 0.2) is 30.3 Å². The van der Waals surface area contributed by atoms with Crippen molar-refractivity contribution in [3.8, 4) is 0 Å². The number of alkyl carbamates (subject to hydrolysis) is 1. The minimum Gasteiger partial charge on any atom is -0.445 e. The van der Waals surface area contributed by atoms with Crippen LogP contribution in [-0.4, -0.2) is 36.2 Å². The Balaban J connectivity index is 1.74. The standard InChI is InChI=1S/C16H21F2NO3/c17-14-7-12(8-15(14)18)6-13(9-20)19-16(21)22-10-11-4-2-1-3-5-11/h1-5,12-15,20H,6-10H2,(H,19,21)/t13-,14-,15-/m0/s1. The maximum absolute atomic E-state index is 13.1. The van der Waals surface area contributed by atoms with Crippen molar-refractivity contribution in [3.63, 3.8) is 0 Å². The first-order valence-electron chi connectivity index (χ1n) is 7.44. The fraction of sp³-hybridized carbons (Fsp3) is 0.562. The average Bonchev–Trinajstić information content (AvgIpc) is 2.83. The Morgan fingerprint density at radius 1 is 1.27 bits per heavy atom. The molecule has 1 amide bonds. The third kappa shape index (κ3) is 4.94. The molecule has 0 unspecified atom stereocenters. The molecule has 0 spiro atoms. The third-order valence-corrected chi connectivity index (χ3v) is 3.88. The van der Waals surface area contributed by atoms with Crippen molar-refractivity contribution in [1.82, 2.24) is 5.32 Å². The summed E-state index contributed by atoms with van der Waals surface area (Å²) in [6.07, 6.45) is -2.90. The van der Waals surface area contributed by atoms with Crippen LogP contribution in [0.3, 0.4) is 0 Å². The van der Waals surface area contributed by atoms with Gasteiger partial charge in [0.2, 0.25) is 0 Å². The van der Waals surface area contributed by atoms with E-state index in [-0.39, 0.29) is 32.0 Å². The van der Waals surface area contributed by atoms with Crippen molar-refractivity contribution in [3.05, 3.63) is 35.9 Å². The van der Waals surface area contributed by atoms with Crippen molar-refractivity contribution in [1.29, 1.82) is 0 Å². The fourth-order valence-corrected chi connectivity index (χ4v) is 2.73. The summed E-state index contributed by atoms with van der Waals surface area (Å²) >= 11 is 0. The Morgan fingerprint density at radius 3 is 2.50 bits per heavy atom. The minimum atomic E-state index is -1.44. The molecule has 1 aromatic carbocycles. The second kappa shape index (κ2) is 8.08. The number of aliphatic hydroxyl groups is 1. The van der Waals surface area contributed by atoms with Gasteiger partial charge < -0.3 is 15.2 Å². The second-order valence-electron chi connectivity index (χ2n) is 5.69. The molecule has 2 N–H and O–H groups in total. The van der Waals surface area contributed by atoms with Gasteiger partial charge >= 0.3 is 6.09 Å². The summed E-state index contributed by atoms with van der Waals surface area (Å²) in [5.41, 5.74) is 0.856. The summed E-state index contributed by atoms with van der Waals surface area (Å²) in [4.78, 5) is 11.7. The molecule has 0 heterocycles. The van der Waals surface area contributed by atoms with E-state index in [4.69, 9.17) is 4.74 Å². The Kier molecular flexibility index (Phi) is 6.12. The van der Waals surface area contributed by atoms with Gasteiger partial charge in [-0.3, -0.25) is 0 Å². The van der Waals surface area contributed by atoms with E-state index in [1.165, 1.54) is 0 Å². The number of carbonyl (C=O) groups is 1. The molecule has 0 saturated heterocycles. The number of rotatable bonds is 6. The van der Waals surface area contributed by atoms with E-state index in [1.807, 2.05) is 30.3 Å². The molecular formula is C16H21F2NO3. The topological polar surface area (TPSA) is 58.6 Å². The molecule has 0 radical (unpaired) electrons. The maximum atomic E-state index is 13.1. The van der Waals surface area contributed by atoms with Crippen LogP contribution >= 0.6 is 0 Å². The maximum Gasteiger partial charge on any atom is 0.407 e. The van der Waals surface area contributed by atoms with Gasteiger partial charge in [0.05, 0.1) is 12.6 Å². The number of aliphatic hydroxyl groups excluding tert-OH is 1. The van der Waals surface area contributed by atoms with Crippen LogP contribution in [-0.2, 0) is 11.3 Å². The molecule has 122 valence electrons. The van der Waals surface area contributed by atoms with Gasteiger partial charge in [0.25, 0.3) is 0 Å². The molecule has 6 heteroatoms. The summed E-state index contributed by atoms with van der Waals surface area (Å²) < 4.78 is 31.3. The summed E-state index contributed by atoms with van der Waals surface area (Å²) in [5.74, 6) is -0.170. The highest BCUT2D eigenvalue weighted by atomic mass is 19.2. The van der Waals surface area contributed by atoms with Gasteiger partial charge in [-0.25, -0.2) is 13.6 Å². The van der Waals surface area contributed by atoms with Crippen molar-refractivity contribution in [2.24, 2.45) is 5.92 Å². The van der Waals surface area contributed by atoms with Crippen LogP contribution < -0.4 is 5.32 Å². The molecule has 0 aliphatic heterocycles. The number of benzene rings is 1. The van der Waals surface area contributed by atoms with Crippen molar-refractivity contribution in [2.45, 2.75) is 44.3 Å². The molecule has 1 aromatic rings. The molecule has 1 aliphatic carbocycles. The predicted octanol–water partition coefficient (Wildman–Crippen LogP) is 2.75. The smallest absolute Gasteiger partial charge is 0.407 e. The van der Waals surface area contributed by atoms with E-state index in [0.29, 0.717) is 6.42 Å². The Labute approximate surface area is 128 Å². The van der Waals surface area contributed by atoms with E-state index in [0.717, 1.165) is 5.56 Å². The van der Waals surface area contributed by atoms with E-state index < -0.39 is 24.5 Å². The summed E-state index contributed by atoms with van der Waals surface area (Å²) in [5, 5.41) is 11.8. The van der Waals surface area contributed by atoms with Crippen molar-refractivity contribution in [2.75, 3.05) is 6.61 Å². The number of hydrogen-bond acceptors (Lipinski definition) is 3. The number of ether oxygens (including phenoxy) is 1. The highest BCUT2D eigenvalue weighted by Gasteiger charge is 2.35. The number of halogens is 2. The van der Waals surface area contributed by atoms with Crippen molar-refractivity contribution < 1.29 is 23.4 Å². The second-order valence-corrected chi connectivity index (χ2v) is 5.69. The van der Waals surface area contributed by atoms with E-state index >= 15 is 0 Å². The van der Waals surface area contributed by atoms with Crippen LogP contribution in [0.2, 0.25) is 0 Å². The zero-order chi connectivity index (χ0) is 15.9. The summed E-state index contributed by atoms with van der Waals surface area (Å²) in [7, 11) is 0. The molecule has 2 rings (SSSR count). The molecule has 4 nitrogen and oxygen atoms in total. The Morgan fingerprint density at radius 2 is 1.91 bits per heavy atom. The quantitative estimate of drug-likeness (QED) is 0.849. The summed E-state index contributed by atoms with van der Waals surface area (Å²) in [6.45, 7) is -0.155. The van der Waals surface area contributed by atoms with Gasteiger partial charge in [-0.15, -0.1) is 0 Å². The Hall–Kier alpha value is -1.69. The molecule has 22 heavy (non-hydrogen) atoms. The van der Waals surface area contributed by atoms with Crippen LogP contribution in [0, 0.1) is 5.92 Å². The molecule has 0 bridgehead atoms. The lowest BCUT2D eigenvalue weighted by Crippen LogP contribution is -2.39. The third-order valence-electron chi connectivity index (χ3n) is 3.88. The normalized spacial score (nSPS) is 23.2. The number of nitrogens with one attached hydrogen (secondary N) is 1. The zero-order valence-corrected chi connectivity index (χ0v) is 12.3. The fourth-order valence-electron chi connectivity index (χ4n) is 2.73. The minimum absolute atomic E-state index is 0.132. The first-order chi connectivity index (χ1) is 10.6. The van der Waals surface area contributed by atoms with E-state index in [9.17, 15) is 18.7 Å². The van der Waals surface area contributed by atoms with Gasteiger partial charge in [-0.2, -0.15) is 0 Å². The molecular weight excluding hydrogens is 292 g/mol. The molecule has 3 atom stereocenters. The number of hydrogen-bond donors (Lipinski definition) is 2. The predicted molar refractivity (Wildman–Crippen MR) is 77.8 cm³/mol. The average molecular weight is 313 g/mol. The SMILES string of the molecule is O=C(N[C@H](CO)CC1C[C@H](F)[C@@H](F)C1)OCc1ccccc1. The van der Waals surface area contributed by atoms with Crippen molar-refractivity contribution >= 4 is 6.09 Å². The molecule has 0 aromatic heterocycles. The lowest BCUT2D eigenvalue weighted by atomic mass is 9.99. The number of carbonyl (C=O) groups excluding carboxylic acids is 1. The van der Waals surface area contributed by atoms with E-state index in [2.05, 4.69) is 5.32 Å². The highest BCUT2D eigenvalue weighted by Crippen LogP contribution is 2.33. The van der Waals surface area contributed by atoms with Gasteiger partial charge in [0, 0.05) is 0 Å². The van der Waals surface area contributed by atoms with Gasteiger partial charge in [-0.05, 0) is 30.7 Å². The molecule has 1 fully saturated rings. The van der Waals surface area contributed by atoms with Gasteiger partial charge in [-0.1, -0.05) is 30.3 Å². The molecule has 1 aliphatic rings. The van der Waals surface area contributed by atoms with Crippen LogP contribution in [0.25, 0.3) is 0 Å². The lowest BCUT2D eigenvalue weighted by molar-refractivity contribution is 0.125. The number of amides is 1. The monoisotopic (exact) mass is 313 g/mol. The Bertz CT molecular complexity index is 462. The largest absolute Gasteiger partial charge is 0.445 e. The van der Waals surface area contributed by atoms with Crippen LogP contribution in [0.4, 0.5) is 13.6 Å². The van der Waals surface area contributed by atoms with Gasteiger partial charge in [0.1, 0.15) is 19.0 Å². The van der Waals surface area contributed by atoms with Crippen LogP contribution in [0.1, 0.15) is 24.8 Å². The first-order valence-corrected chi connectivity index (χ1v) is 7.44. The van der Waals surface area contributed by atoms with Crippen LogP contribution in [0.5, 0.6) is 0 Å². The first kappa shape index (κ1) is 16.7. The molecule has 1 saturated carbocycles. The number of alkyl halides is 2. The van der Waals surface area contributed by atoms with E-state index in [1.54, 1.807) is 0 Å². The van der Waals surface area contributed by atoms with Gasteiger partial charge in [0.15, 0.2) is 0 Å².